The van der Waals surface area contributed by atoms with Gasteiger partial charge < -0.3 is 10.4 Å². The van der Waals surface area contributed by atoms with Gasteiger partial charge in [-0.1, -0.05) is 0 Å². The van der Waals surface area contributed by atoms with E-state index in [1.807, 2.05) is 0 Å². The number of nitrogens with one attached hydrogen (secondary N) is 1. The fourth-order valence-corrected chi connectivity index (χ4v) is 2.03. The second kappa shape index (κ2) is 5.11. The molecule has 0 aliphatic carbocycles. The Morgan fingerprint density at radius 2 is 2.00 bits per heavy atom. The van der Waals surface area contributed by atoms with E-state index in [0.717, 1.165) is 23.6 Å². The number of aromatic carboxylic acids is 1. The summed E-state index contributed by atoms with van der Waals surface area (Å²) in [6.45, 7) is 0. The minimum Gasteiger partial charge on any atom is -0.477 e. The van der Waals surface area contributed by atoms with Crippen LogP contribution in [0.4, 0.5) is 13.8 Å². The van der Waals surface area contributed by atoms with Crippen LogP contribution in [0.5, 0.6) is 0 Å². The summed E-state index contributed by atoms with van der Waals surface area (Å²) in [5, 5.41) is 11.2. The summed E-state index contributed by atoms with van der Waals surface area (Å²) < 4.78 is 26.1. The van der Waals surface area contributed by atoms with E-state index in [2.05, 4.69) is 10.3 Å². The third kappa shape index (κ3) is 2.74. The first-order valence-electron chi connectivity index (χ1n) is 4.93. The van der Waals surface area contributed by atoms with Crippen molar-refractivity contribution in [3.8, 4) is 0 Å². The summed E-state index contributed by atoms with van der Waals surface area (Å²) in [5.74, 6) is -4.73. The van der Waals surface area contributed by atoms with E-state index < -0.39 is 29.2 Å². The molecule has 2 N–H and O–H groups in total. The molecule has 2 heterocycles. The molecule has 5 nitrogen and oxygen atoms in total. The molecule has 0 aromatic carbocycles. The Bertz CT molecular complexity index is 657. The Morgan fingerprint density at radius 1 is 1.26 bits per heavy atom. The third-order valence-corrected chi connectivity index (χ3v) is 3.13. The van der Waals surface area contributed by atoms with Crippen LogP contribution in [-0.4, -0.2) is 22.0 Å². The summed E-state index contributed by atoms with van der Waals surface area (Å²) in [7, 11) is 0. The van der Waals surface area contributed by atoms with Crippen molar-refractivity contribution in [2.24, 2.45) is 0 Å². The van der Waals surface area contributed by atoms with Crippen molar-refractivity contribution in [1.82, 2.24) is 4.98 Å². The lowest BCUT2D eigenvalue weighted by Crippen LogP contribution is -2.14. The third-order valence-electron chi connectivity index (χ3n) is 2.14. The smallest absolute Gasteiger partial charge is 0.345 e. The Balaban J connectivity index is 2.21. The highest BCUT2D eigenvalue weighted by Crippen LogP contribution is 2.22. The lowest BCUT2D eigenvalue weighted by atomic mass is 10.2. The predicted molar refractivity (Wildman–Crippen MR) is 63.4 cm³/mol. The largest absolute Gasteiger partial charge is 0.477 e. The molecule has 0 saturated carbocycles. The number of pyridine rings is 1. The molecule has 0 unspecified atom stereocenters. The Kier molecular flexibility index (Phi) is 3.52. The molecule has 1 amide bonds. The highest BCUT2D eigenvalue weighted by Gasteiger charge is 2.17. The van der Waals surface area contributed by atoms with Crippen molar-refractivity contribution in [2.45, 2.75) is 0 Å². The quantitative estimate of drug-likeness (QED) is 0.848. The van der Waals surface area contributed by atoms with E-state index in [1.165, 1.54) is 12.1 Å². The molecular weight excluding hydrogens is 278 g/mol. The zero-order valence-electron chi connectivity index (χ0n) is 9.18. The normalized spacial score (nSPS) is 10.2. The van der Waals surface area contributed by atoms with Gasteiger partial charge in [-0.15, -0.1) is 11.3 Å². The molecule has 0 saturated heterocycles. The summed E-state index contributed by atoms with van der Waals surface area (Å²) >= 11 is 0.811. The molecule has 98 valence electrons. The van der Waals surface area contributed by atoms with Crippen LogP contribution in [-0.2, 0) is 0 Å². The number of carbonyl (C=O) groups is 2. The first kappa shape index (κ1) is 13.1. The maximum atomic E-state index is 13.3. The van der Waals surface area contributed by atoms with Crippen LogP contribution in [0.25, 0.3) is 0 Å². The molecule has 0 radical (unpaired) electrons. The van der Waals surface area contributed by atoms with E-state index in [4.69, 9.17) is 5.11 Å². The molecule has 2 aromatic heterocycles. The zero-order chi connectivity index (χ0) is 14.0. The van der Waals surface area contributed by atoms with Gasteiger partial charge in [0.05, 0.1) is 10.6 Å². The van der Waals surface area contributed by atoms with Gasteiger partial charge in [0.25, 0.3) is 5.91 Å². The lowest BCUT2D eigenvalue weighted by Gasteiger charge is -2.03. The van der Waals surface area contributed by atoms with Crippen LogP contribution in [0.1, 0.15) is 20.0 Å². The number of hydrogen-bond acceptors (Lipinski definition) is 4. The number of anilines is 1. The van der Waals surface area contributed by atoms with Gasteiger partial charge in [-0.2, -0.15) is 4.39 Å². The molecule has 0 fully saturated rings. The molecule has 8 heteroatoms. The summed E-state index contributed by atoms with van der Waals surface area (Å²) in [5.41, 5.74) is -0.502. The van der Waals surface area contributed by atoms with Crippen molar-refractivity contribution in [2.75, 3.05) is 5.32 Å². The van der Waals surface area contributed by atoms with Crippen molar-refractivity contribution in [3.63, 3.8) is 0 Å². The SMILES string of the molecule is O=C(O)c1ccc(NC(=O)c2ccnc(F)c2F)s1. The summed E-state index contributed by atoms with van der Waals surface area (Å²) in [4.78, 5) is 25.4. The predicted octanol–water partition coefficient (Wildman–Crippen LogP) is 2.37. The van der Waals surface area contributed by atoms with Crippen molar-refractivity contribution < 1.29 is 23.5 Å². The minimum absolute atomic E-state index is 0.0247. The van der Waals surface area contributed by atoms with Crippen LogP contribution < -0.4 is 5.32 Å². The minimum atomic E-state index is -1.37. The standard InChI is InChI=1S/C11H6F2N2O3S/c12-8-5(3-4-14-9(8)13)10(16)15-7-2-1-6(19-7)11(17)18/h1-4H,(H,15,16)(H,17,18). The molecule has 19 heavy (non-hydrogen) atoms. The van der Waals surface area contributed by atoms with Gasteiger partial charge in [-0.25, -0.2) is 14.2 Å². The second-order valence-corrected chi connectivity index (χ2v) is 4.47. The summed E-state index contributed by atoms with van der Waals surface area (Å²) in [6.07, 6.45) is 0.963. The zero-order valence-corrected chi connectivity index (χ0v) is 10.0. The van der Waals surface area contributed by atoms with Crippen molar-refractivity contribution in [1.29, 1.82) is 0 Å². The number of aromatic nitrogens is 1. The number of carboxylic acid groups (broad SMARTS) is 1. The molecule has 0 atom stereocenters. The molecule has 0 aliphatic heterocycles. The monoisotopic (exact) mass is 284 g/mol. The van der Waals surface area contributed by atoms with E-state index in [9.17, 15) is 18.4 Å². The maximum Gasteiger partial charge on any atom is 0.345 e. The van der Waals surface area contributed by atoms with Gasteiger partial charge in [0, 0.05) is 6.20 Å². The molecule has 0 bridgehead atoms. The first-order valence-corrected chi connectivity index (χ1v) is 5.75. The number of rotatable bonds is 3. The van der Waals surface area contributed by atoms with Crippen LogP contribution >= 0.6 is 11.3 Å². The molecular formula is C11H6F2N2O3S. The van der Waals surface area contributed by atoms with Gasteiger partial charge in [-0.05, 0) is 18.2 Å². The number of thiophene rings is 1. The average Bonchev–Trinajstić information content (AvgIpc) is 2.81. The van der Waals surface area contributed by atoms with E-state index in [-0.39, 0.29) is 9.88 Å². The lowest BCUT2D eigenvalue weighted by molar-refractivity contribution is 0.0702. The van der Waals surface area contributed by atoms with Gasteiger partial charge in [0.1, 0.15) is 4.88 Å². The fourth-order valence-electron chi connectivity index (χ4n) is 1.29. The Labute approximate surface area is 109 Å². The van der Waals surface area contributed by atoms with Gasteiger partial charge in [-0.3, -0.25) is 4.79 Å². The maximum absolute atomic E-state index is 13.3. The molecule has 0 aliphatic rings. The van der Waals surface area contributed by atoms with Gasteiger partial charge in [0.15, 0.2) is 5.82 Å². The fraction of sp³-hybridized carbons (Fsp3) is 0. The first-order chi connectivity index (χ1) is 8.99. The highest BCUT2D eigenvalue weighted by molar-refractivity contribution is 7.18. The van der Waals surface area contributed by atoms with Crippen LogP contribution in [0.3, 0.4) is 0 Å². The van der Waals surface area contributed by atoms with E-state index >= 15 is 0 Å². The number of amides is 1. The number of carboxylic acids is 1. The average molecular weight is 284 g/mol. The van der Waals surface area contributed by atoms with E-state index in [0.29, 0.717) is 0 Å². The number of hydrogen-bond donors (Lipinski definition) is 2. The number of carbonyl (C=O) groups excluding carboxylic acids is 1. The van der Waals surface area contributed by atoms with Crippen molar-refractivity contribution >= 4 is 28.2 Å². The van der Waals surface area contributed by atoms with Gasteiger partial charge >= 0.3 is 5.97 Å². The van der Waals surface area contributed by atoms with Crippen molar-refractivity contribution in [3.05, 3.63) is 46.6 Å². The van der Waals surface area contributed by atoms with Crippen LogP contribution in [0, 0.1) is 11.8 Å². The number of halogens is 2. The summed E-state index contributed by atoms with van der Waals surface area (Å²) in [6, 6.07) is 3.69. The molecule has 2 aromatic rings. The Hall–Kier alpha value is -2.35. The van der Waals surface area contributed by atoms with Gasteiger partial charge in [0.2, 0.25) is 5.95 Å². The number of nitrogens with zero attached hydrogens (tertiary/aromatic N) is 1. The topological polar surface area (TPSA) is 79.3 Å². The Morgan fingerprint density at radius 3 is 2.63 bits per heavy atom. The molecule has 0 spiro atoms. The van der Waals surface area contributed by atoms with Crippen LogP contribution in [0.15, 0.2) is 24.4 Å². The highest BCUT2D eigenvalue weighted by atomic mass is 32.1. The second-order valence-electron chi connectivity index (χ2n) is 3.39. The van der Waals surface area contributed by atoms with Crippen LogP contribution in [0.2, 0.25) is 0 Å². The molecule has 2 rings (SSSR count). The van der Waals surface area contributed by atoms with E-state index in [1.54, 1.807) is 0 Å².